The molecule has 0 radical (unpaired) electrons. The summed E-state index contributed by atoms with van der Waals surface area (Å²) in [6.45, 7) is 5.42. The van der Waals surface area contributed by atoms with E-state index in [2.05, 4.69) is 10.1 Å². The number of hydrogen-bond acceptors (Lipinski definition) is 2. The van der Waals surface area contributed by atoms with Gasteiger partial charge in [-0.3, -0.25) is 4.79 Å². The van der Waals surface area contributed by atoms with Gasteiger partial charge in [0.2, 0.25) is 5.91 Å². The Bertz CT molecular complexity index is 525. The van der Waals surface area contributed by atoms with Crippen LogP contribution in [0.5, 0.6) is 5.75 Å². The highest BCUT2D eigenvalue weighted by molar-refractivity contribution is 6.06. The highest BCUT2D eigenvalue weighted by Gasteiger charge is 2.45. The molecule has 1 atom stereocenters. The number of benzene rings is 1. The molecule has 1 heterocycles. The summed E-state index contributed by atoms with van der Waals surface area (Å²) >= 11 is 0. The number of halogens is 3. The van der Waals surface area contributed by atoms with Crippen molar-refractivity contribution in [3.05, 3.63) is 23.8 Å². The first-order valence-electron chi connectivity index (χ1n) is 5.86. The third kappa shape index (κ3) is 2.27. The Kier molecular flexibility index (Phi) is 2.99. The van der Waals surface area contributed by atoms with Crippen molar-refractivity contribution in [3.8, 4) is 5.75 Å². The van der Waals surface area contributed by atoms with Crippen LogP contribution in [-0.2, 0) is 10.2 Å². The number of hydrogen-bond donors (Lipinski definition) is 1. The van der Waals surface area contributed by atoms with Crippen molar-refractivity contribution in [1.82, 2.24) is 0 Å². The third-order valence-corrected chi connectivity index (χ3v) is 3.66. The largest absolute Gasteiger partial charge is 0.573 e. The lowest BCUT2D eigenvalue weighted by atomic mass is 9.74. The summed E-state index contributed by atoms with van der Waals surface area (Å²) in [7, 11) is 0. The highest BCUT2D eigenvalue weighted by Crippen LogP contribution is 2.44. The van der Waals surface area contributed by atoms with Crippen molar-refractivity contribution in [1.29, 1.82) is 0 Å². The Labute approximate surface area is 108 Å². The van der Waals surface area contributed by atoms with Crippen molar-refractivity contribution >= 4 is 11.6 Å². The Balaban J connectivity index is 2.46. The highest BCUT2D eigenvalue weighted by atomic mass is 19.4. The topological polar surface area (TPSA) is 38.3 Å². The van der Waals surface area contributed by atoms with Crippen LogP contribution < -0.4 is 10.1 Å². The summed E-state index contributed by atoms with van der Waals surface area (Å²) in [5, 5.41) is 2.68. The maximum Gasteiger partial charge on any atom is 0.573 e. The van der Waals surface area contributed by atoms with Crippen LogP contribution in [0, 0.1) is 5.92 Å². The van der Waals surface area contributed by atoms with E-state index in [1.165, 1.54) is 18.2 Å². The van der Waals surface area contributed by atoms with Crippen LogP contribution in [0.4, 0.5) is 18.9 Å². The van der Waals surface area contributed by atoms with Gasteiger partial charge in [-0.1, -0.05) is 13.8 Å². The van der Waals surface area contributed by atoms with Crippen LogP contribution in [0.3, 0.4) is 0 Å². The lowest BCUT2D eigenvalue weighted by Gasteiger charge is -2.27. The van der Waals surface area contributed by atoms with Crippen LogP contribution in [0.2, 0.25) is 0 Å². The Morgan fingerprint density at radius 1 is 1.32 bits per heavy atom. The molecule has 0 fully saturated rings. The number of nitrogens with one attached hydrogen (secondary N) is 1. The Hall–Kier alpha value is -1.72. The number of alkyl halides is 3. The molecule has 1 aliphatic rings. The average Bonchev–Trinajstić information content (AvgIpc) is 2.51. The lowest BCUT2D eigenvalue weighted by Crippen LogP contribution is -2.36. The smallest absolute Gasteiger partial charge is 0.406 e. The predicted molar refractivity (Wildman–Crippen MR) is 63.9 cm³/mol. The first-order chi connectivity index (χ1) is 8.64. The summed E-state index contributed by atoms with van der Waals surface area (Å²) in [5.41, 5.74) is 0.227. The third-order valence-electron chi connectivity index (χ3n) is 3.66. The Morgan fingerprint density at radius 3 is 2.47 bits per heavy atom. The van der Waals surface area contributed by atoms with Crippen molar-refractivity contribution < 1.29 is 22.7 Å². The summed E-state index contributed by atoms with van der Waals surface area (Å²) in [4.78, 5) is 12.0. The second-order valence-corrected chi connectivity index (χ2v) is 5.07. The van der Waals surface area contributed by atoms with E-state index in [1.54, 1.807) is 6.92 Å². The van der Waals surface area contributed by atoms with Gasteiger partial charge < -0.3 is 10.1 Å². The van der Waals surface area contributed by atoms with Crippen molar-refractivity contribution in [3.63, 3.8) is 0 Å². The second kappa shape index (κ2) is 4.15. The molecule has 0 aromatic heterocycles. The maximum atomic E-state index is 12.2. The minimum atomic E-state index is -4.74. The zero-order chi connectivity index (χ0) is 14.4. The van der Waals surface area contributed by atoms with Crippen molar-refractivity contribution in [2.45, 2.75) is 32.5 Å². The van der Waals surface area contributed by atoms with Gasteiger partial charge in [0.25, 0.3) is 0 Å². The molecular formula is C13H14F3NO2. The van der Waals surface area contributed by atoms with E-state index in [0.29, 0.717) is 11.3 Å². The van der Waals surface area contributed by atoms with Gasteiger partial charge in [-0.25, -0.2) is 0 Å². The molecule has 0 saturated heterocycles. The molecule has 1 N–H and O–H groups in total. The number of anilines is 1. The predicted octanol–water partition coefficient (Wildman–Crippen LogP) is 3.45. The van der Waals surface area contributed by atoms with E-state index in [1.807, 2.05) is 13.8 Å². The Morgan fingerprint density at radius 2 is 1.95 bits per heavy atom. The number of carbonyl (C=O) groups excluding carboxylic acids is 1. The van der Waals surface area contributed by atoms with Gasteiger partial charge in [-0.15, -0.1) is 13.2 Å². The quantitative estimate of drug-likeness (QED) is 0.896. The van der Waals surface area contributed by atoms with E-state index >= 15 is 0 Å². The van der Waals surface area contributed by atoms with Gasteiger partial charge in [0, 0.05) is 5.69 Å². The number of fused-ring (bicyclic) bond motifs is 1. The SMILES string of the molecule is CC(C)C1(C)C(=O)Nc2ccc(OC(F)(F)F)cc21. The fourth-order valence-corrected chi connectivity index (χ4v) is 2.21. The van der Waals surface area contributed by atoms with Gasteiger partial charge in [0.05, 0.1) is 5.41 Å². The monoisotopic (exact) mass is 273 g/mol. The minimum Gasteiger partial charge on any atom is -0.406 e. The number of amides is 1. The standard InChI is InChI=1S/C13H14F3NO2/c1-7(2)12(3)9-6-8(19-13(14,15)16)4-5-10(9)17-11(12)18/h4-7H,1-3H3,(H,17,18). The lowest BCUT2D eigenvalue weighted by molar-refractivity contribution is -0.274. The molecule has 2 rings (SSSR count). The normalized spacial score (nSPS) is 22.4. The van der Waals surface area contributed by atoms with E-state index in [9.17, 15) is 18.0 Å². The van der Waals surface area contributed by atoms with Crippen LogP contribution in [0.15, 0.2) is 18.2 Å². The van der Waals surface area contributed by atoms with Gasteiger partial charge in [-0.05, 0) is 36.6 Å². The number of carbonyl (C=O) groups is 1. The molecule has 1 aromatic carbocycles. The molecule has 1 unspecified atom stereocenters. The zero-order valence-electron chi connectivity index (χ0n) is 10.8. The van der Waals surface area contributed by atoms with E-state index in [4.69, 9.17) is 0 Å². The molecule has 19 heavy (non-hydrogen) atoms. The summed E-state index contributed by atoms with van der Waals surface area (Å²) < 4.78 is 40.5. The van der Waals surface area contributed by atoms with Crippen molar-refractivity contribution in [2.75, 3.05) is 5.32 Å². The molecule has 0 bridgehead atoms. The summed E-state index contributed by atoms with van der Waals surface area (Å²) in [6, 6.07) is 3.90. The fourth-order valence-electron chi connectivity index (χ4n) is 2.21. The molecule has 1 aromatic rings. The van der Waals surface area contributed by atoms with Gasteiger partial charge in [0.1, 0.15) is 5.75 Å². The van der Waals surface area contributed by atoms with E-state index in [0.717, 1.165) is 0 Å². The number of ether oxygens (including phenoxy) is 1. The maximum absolute atomic E-state index is 12.2. The molecule has 0 saturated carbocycles. The summed E-state index contributed by atoms with van der Waals surface area (Å²) in [5.74, 6) is -0.564. The van der Waals surface area contributed by atoms with E-state index in [-0.39, 0.29) is 17.6 Å². The second-order valence-electron chi connectivity index (χ2n) is 5.07. The zero-order valence-corrected chi connectivity index (χ0v) is 10.8. The fraction of sp³-hybridized carbons (Fsp3) is 0.462. The summed E-state index contributed by atoms with van der Waals surface area (Å²) in [6.07, 6.45) is -4.74. The van der Waals surface area contributed by atoms with Crippen LogP contribution in [0.1, 0.15) is 26.3 Å². The minimum absolute atomic E-state index is 0.0464. The van der Waals surface area contributed by atoms with Crippen LogP contribution in [0.25, 0.3) is 0 Å². The molecule has 6 heteroatoms. The van der Waals surface area contributed by atoms with Crippen LogP contribution in [-0.4, -0.2) is 12.3 Å². The molecule has 1 amide bonds. The van der Waals surface area contributed by atoms with Gasteiger partial charge in [0.15, 0.2) is 0 Å². The molecular weight excluding hydrogens is 259 g/mol. The van der Waals surface area contributed by atoms with Gasteiger partial charge >= 0.3 is 6.36 Å². The first-order valence-corrected chi connectivity index (χ1v) is 5.86. The van der Waals surface area contributed by atoms with Crippen molar-refractivity contribution in [2.24, 2.45) is 5.92 Å². The van der Waals surface area contributed by atoms with E-state index < -0.39 is 11.8 Å². The van der Waals surface area contributed by atoms with Crippen LogP contribution >= 0.6 is 0 Å². The molecule has 0 spiro atoms. The average molecular weight is 273 g/mol. The number of rotatable bonds is 2. The first kappa shape index (κ1) is 13.7. The molecule has 3 nitrogen and oxygen atoms in total. The molecule has 104 valence electrons. The molecule has 1 aliphatic heterocycles. The molecule has 0 aliphatic carbocycles. The van der Waals surface area contributed by atoms with Gasteiger partial charge in [-0.2, -0.15) is 0 Å².